The molecular formula is C20H20F6N8. The summed E-state index contributed by atoms with van der Waals surface area (Å²) in [6, 6.07) is 0.954. The van der Waals surface area contributed by atoms with Crippen molar-refractivity contribution >= 4 is 22.8 Å². The molecule has 2 fully saturated rings. The van der Waals surface area contributed by atoms with Crippen LogP contribution in [0.2, 0.25) is 0 Å². The Kier molecular flexibility index (Phi) is 4.92. The standard InChI is InChI=1S/C20H20F6N8/c1-11-16-17(34(31-11)10-19(21,22)23)30-15(6-27-16)32-4-3-18(7-32)8-33(9-18)14-5-13(20(24,25)26)28-12(2)29-14/h5-6H,3-4,7-10H2,1-2H3. The zero-order chi connectivity index (χ0) is 24.5. The van der Waals surface area contributed by atoms with Crippen LogP contribution in [0.25, 0.3) is 11.2 Å². The number of anilines is 2. The molecule has 5 rings (SSSR count). The van der Waals surface area contributed by atoms with Crippen LogP contribution in [0.5, 0.6) is 0 Å². The number of aromatic nitrogens is 6. The molecule has 0 aromatic carbocycles. The molecule has 3 aromatic heterocycles. The number of hydrogen-bond donors (Lipinski definition) is 0. The van der Waals surface area contributed by atoms with E-state index in [1.807, 2.05) is 4.90 Å². The van der Waals surface area contributed by atoms with Crippen molar-refractivity contribution in [2.75, 3.05) is 36.0 Å². The lowest BCUT2D eigenvalue weighted by Crippen LogP contribution is -2.58. The zero-order valence-electron chi connectivity index (χ0n) is 18.2. The Bertz CT molecular complexity index is 1240. The van der Waals surface area contributed by atoms with E-state index in [0.29, 0.717) is 43.2 Å². The summed E-state index contributed by atoms with van der Waals surface area (Å²) < 4.78 is 78.9. The molecule has 0 atom stereocenters. The molecule has 14 heteroatoms. The molecular weight excluding hydrogens is 466 g/mol. The van der Waals surface area contributed by atoms with Gasteiger partial charge in [-0.15, -0.1) is 0 Å². The Hall–Kier alpha value is -3.19. The summed E-state index contributed by atoms with van der Waals surface area (Å²) in [6.45, 7) is 3.94. The van der Waals surface area contributed by atoms with E-state index in [-0.39, 0.29) is 22.7 Å². The van der Waals surface area contributed by atoms with Crippen molar-refractivity contribution in [3.05, 3.63) is 29.5 Å². The molecule has 0 radical (unpaired) electrons. The SMILES string of the molecule is Cc1nc(N2CC3(CCN(c4cnc5c(C)nn(CC(F)(F)F)c5n4)C3)C2)cc(C(F)(F)F)n1. The van der Waals surface area contributed by atoms with Gasteiger partial charge in [-0.2, -0.15) is 31.4 Å². The fourth-order valence-electron chi connectivity index (χ4n) is 4.69. The number of alkyl halides is 6. The second-order valence-electron chi connectivity index (χ2n) is 8.94. The average Bonchev–Trinajstić information content (AvgIpc) is 3.27. The number of fused-ring (bicyclic) bond motifs is 1. The zero-order valence-corrected chi connectivity index (χ0v) is 18.2. The predicted molar refractivity (Wildman–Crippen MR) is 109 cm³/mol. The van der Waals surface area contributed by atoms with E-state index in [4.69, 9.17) is 0 Å². The van der Waals surface area contributed by atoms with Crippen LogP contribution >= 0.6 is 0 Å². The second kappa shape index (κ2) is 7.40. The van der Waals surface area contributed by atoms with E-state index in [2.05, 4.69) is 25.0 Å². The highest BCUT2D eigenvalue weighted by Crippen LogP contribution is 2.43. The molecule has 0 bridgehead atoms. The van der Waals surface area contributed by atoms with Gasteiger partial charge >= 0.3 is 12.4 Å². The van der Waals surface area contributed by atoms with Crippen LogP contribution in [0.3, 0.4) is 0 Å². The van der Waals surface area contributed by atoms with Gasteiger partial charge in [0.1, 0.15) is 35.2 Å². The van der Waals surface area contributed by atoms with Crippen molar-refractivity contribution in [1.29, 1.82) is 0 Å². The van der Waals surface area contributed by atoms with E-state index >= 15 is 0 Å². The minimum absolute atomic E-state index is 0.0492. The first-order valence-corrected chi connectivity index (χ1v) is 10.5. The lowest BCUT2D eigenvalue weighted by atomic mass is 9.79. The summed E-state index contributed by atoms with van der Waals surface area (Å²) in [5, 5.41) is 3.93. The normalized spacial score (nSPS) is 18.2. The monoisotopic (exact) mass is 486 g/mol. The van der Waals surface area contributed by atoms with Gasteiger partial charge in [0.25, 0.3) is 0 Å². The summed E-state index contributed by atoms with van der Waals surface area (Å²) in [5.41, 5.74) is -0.394. The minimum atomic E-state index is -4.55. The molecule has 182 valence electrons. The van der Waals surface area contributed by atoms with Gasteiger partial charge in [-0.25, -0.2) is 24.6 Å². The molecule has 2 aliphatic heterocycles. The third-order valence-corrected chi connectivity index (χ3v) is 6.18. The summed E-state index contributed by atoms with van der Waals surface area (Å²) in [7, 11) is 0. The van der Waals surface area contributed by atoms with Gasteiger partial charge in [-0.3, -0.25) is 0 Å². The first-order valence-electron chi connectivity index (χ1n) is 10.5. The first kappa shape index (κ1) is 22.6. The van der Waals surface area contributed by atoms with Crippen LogP contribution in [-0.4, -0.2) is 62.1 Å². The van der Waals surface area contributed by atoms with Gasteiger partial charge < -0.3 is 9.80 Å². The van der Waals surface area contributed by atoms with Crippen molar-refractivity contribution in [3.8, 4) is 0 Å². The Morgan fingerprint density at radius 1 is 0.941 bits per heavy atom. The molecule has 34 heavy (non-hydrogen) atoms. The Labute approximate surface area is 189 Å². The van der Waals surface area contributed by atoms with E-state index in [1.54, 1.807) is 11.8 Å². The van der Waals surface area contributed by atoms with Crippen LogP contribution in [0.4, 0.5) is 38.0 Å². The summed E-state index contributed by atoms with van der Waals surface area (Å²) >= 11 is 0. The number of halogens is 6. The highest BCUT2D eigenvalue weighted by Gasteiger charge is 2.49. The second-order valence-corrected chi connectivity index (χ2v) is 8.94. The molecule has 3 aromatic rings. The molecule has 0 unspecified atom stereocenters. The number of aryl methyl sites for hydroxylation is 2. The maximum Gasteiger partial charge on any atom is 0.433 e. The van der Waals surface area contributed by atoms with Gasteiger partial charge in [0, 0.05) is 37.7 Å². The van der Waals surface area contributed by atoms with Crippen LogP contribution < -0.4 is 9.80 Å². The first-order chi connectivity index (χ1) is 15.8. The van der Waals surface area contributed by atoms with Gasteiger partial charge in [0.15, 0.2) is 5.65 Å². The Morgan fingerprint density at radius 2 is 1.65 bits per heavy atom. The molecule has 2 saturated heterocycles. The lowest BCUT2D eigenvalue weighted by Gasteiger charge is -2.48. The third-order valence-electron chi connectivity index (χ3n) is 6.18. The Morgan fingerprint density at radius 3 is 2.32 bits per heavy atom. The smallest absolute Gasteiger partial charge is 0.355 e. The molecule has 0 N–H and O–H groups in total. The van der Waals surface area contributed by atoms with Crippen molar-refractivity contribution < 1.29 is 26.3 Å². The summed E-state index contributed by atoms with van der Waals surface area (Å²) in [4.78, 5) is 20.1. The molecule has 0 aliphatic carbocycles. The van der Waals surface area contributed by atoms with Gasteiger partial charge in [-0.1, -0.05) is 0 Å². The van der Waals surface area contributed by atoms with Crippen LogP contribution in [0.15, 0.2) is 12.3 Å². The van der Waals surface area contributed by atoms with Crippen molar-refractivity contribution in [2.24, 2.45) is 5.41 Å². The minimum Gasteiger partial charge on any atom is -0.355 e. The van der Waals surface area contributed by atoms with Crippen LogP contribution in [0.1, 0.15) is 23.6 Å². The fraction of sp³-hybridized carbons (Fsp3) is 0.550. The Balaban J connectivity index is 1.33. The molecule has 0 amide bonds. The summed E-state index contributed by atoms with van der Waals surface area (Å²) in [5.74, 6) is 0.730. The van der Waals surface area contributed by atoms with Gasteiger partial charge in [0.2, 0.25) is 0 Å². The van der Waals surface area contributed by atoms with Crippen LogP contribution in [0, 0.1) is 19.3 Å². The topological polar surface area (TPSA) is 75.9 Å². The molecule has 1 spiro atoms. The van der Waals surface area contributed by atoms with Crippen molar-refractivity contribution in [3.63, 3.8) is 0 Å². The highest BCUT2D eigenvalue weighted by molar-refractivity contribution is 5.75. The maximum absolute atomic E-state index is 13.1. The van der Waals surface area contributed by atoms with E-state index in [1.165, 1.54) is 13.1 Å². The highest BCUT2D eigenvalue weighted by atomic mass is 19.4. The fourth-order valence-corrected chi connectivity index (χ4v) is 4.69. The molecule has 0 saturated carbocycles. The van der Waals surface area contributed by atoms with E-state index < -0.39 is 24.6 Å². The molecule has 5 heterocycles. The van der Waals surface area contributed by atoms with Crippen molar-refractivity contribution in [2.45, 2.75) is 39.2 Å². The average molecular weight is 486 g/mol. The molecule has 8 nitrogen and oxygen atoms in total. The number of hydrogen-bond acceptors (Lipinski definition) is 7. The largest absolute Gasteiger partial charge is 0.433 e. The lowest BCUT2D eigenvalue weighted by molar-refractivity contribution is -0.142. The molecule has 2 aliphatic rings. The quantitative estimate of drug-likeness (QED) is 0.525. The van der Waals surface area contributed by atoms with Crippen LogP contribution in [-0.2, 0) is 12.7 Å². The summed E-state index contributed by atoms with van der Waals surface area (Å²) in [6.07, 6.45) is -6.71. The van der Waals surface area contributed by atoms with Crippen molar-refractivity contribution in [1.82, 2.24) is 29.7 Å². The van der Waals surface area contributed by atoms with E-state index in [0.717, 1.165) is 17.2 Å². The van der Waals surface area contributed by atoms with Gasteiger partial charge in [0.05, 0.1) is 11.9 Å². The third kappa shape index (κ3) is 4.09. The number of rotatable bonds is 3. The predicted octanol–water partition coefficient (Wildman–Crippen LogP) is 3.53. The maximum atomic E-state index is 13.1. The number of nitrogens with zero attached hydrogens (tertiary/aromatic N) is 8. The van der Waals surface area contributed by atoms with Gasteiger partial charge in [-0.05, 0) is 20.3 Å². The van der Waals surface area contributed by atoms with E-state index in [9.17, 15) is 26.3 Å².